The molecular formula is C8H9Cl2N3. The van der Waals surface area contributed by atoms with E-state index in [1.54, 1.807) is 18.2 Å². The molecule has 1 aromatic carbocycles. The first-order valence-corrected chi connectivity index (χ1v) is 4.37. The fourth-order valence-corrected chi connectivity index (χ4v) is 1.33. The number of nitrogens with two attached hydrogens (primary N) is 1. The molecule has 0 saturated carbocycles. The molecule has 4 N–H and O–H groups in total. The van der Waals surface area contributed by atoms with Gasteiger partial charge in [0.25, 0.3) is 0 Å². The summed E-state index contributed by atoms with van der Waals surface area (Å²) < 4.78 is 0. The van der Waals surface area contributed by atoms with Crippen LogP contribution in [0.25, 0.3) is 0 Å². The van der Waals surface area contributed by atoms with E-state index in [2.05, 4.69) is 5.32 Å². The highest BCUT2D eigenvalue weighted by Gasteiger charge is 2.00. The minimum Gasteiger partial charge on any atom is -0.370 e. The lowest BCUT2D eigenvalue weighted by atomic mass is 10.2. The molecule has 3 nitrogen and oxygen atoms in total. The van der Waals surface area contributed by atoms with Crippen molar-refractivity contribution in [1.29, 1.82) is 5.41 Å². The average Bonchev–Trinajstić information content (AvgIpc) is 2.02. The summed E-state index contributed by atoms with van der Waals surface area (Å²) in [7, 11) is 0. The molecule has 5 heteroatoms. The van der Waals surface area contributed by atoms with Gasteiger partial charge in [-0.1, -0.05) is 29.3 Å². The van der Waals surface area contributed by atoms with Crippen LogP contribution in [0.5, 0.6) is 0 Å². The monoisotopic (exact) mass is 217 g/mol. The van der Waals surface area contributed by atoms with E-state index >= 15 is 0 Å². The summed E-state index contributed by atoms with van der Waals surface area (Å²) >= 11 is 11.6. The third kappa shape index (κ3) is 3.13. The van der Waals surface area contributed by atoms with Crippen molar-refractivity contribution >= 4 is 29.2 Å². The summed E-state index contributed by atoms with van der Waals surface area (Å²) in [6, 6.07) is 5.19. The summed E-state index contributed by atoms with van der Waals surface area (Å²) in [6.45, 7) is 0.436. The van der Waals surface area contributed by atoms with E-state index in [9.17, 15) is 0 Å². The number of nitrogens with one attached hydrogen (secondary N) is 2. The summed E-state index contributed by atoms with van der Waals surface area (Å²) in [6.07, 6.45) is 0. The van der Waals surface area contributed by atoms with Crippen molar-refractivity contribution in [2.24, 2.45) is 5.73 Å². The van der Waals surface area contributed by atoms with E-state index in [-0.39, 0.29) is 5.96 Å². The Kier molecular flexibility index (Phi) is 3.39. The number of hydrogen-bond donors (Lipinski definition) is 3. The Morgan fingerprint density at radius 1 is 1.46 bits per heavy atom. The number of guanidine groups is 1. The lowest BCUT2D eigenvalue weighted by Crippen LogP contribution is -2.29. The van der Waals surface area contributed by atoms with Gasteiger partial charge in [-0.05, 0) is 17.7 Å². The fraction of sp³-hybridized carbons (Fsp3) is 0.125. The van der Waals surface area contributed by atoms with Gasteiger partial charge in [-0.25, -0.2) is 0 Å². The van der Waals surface area contributed by atoms with Crippen LogP contribution in [0.2, 0.25) is 10.0 Å². The van der Waals surface area contributed by atoms with Gasteiger partial charge < -0.3 is 11.1 Å². The minimum absolute atomic E-state index is 0.0778. The third-order valence-electron chi connectivity index (χ3n) is 1.48. The largest absolute Gasteiger partial charge is 0.370 e. The van der Waals surface area contributed by atoms with Gasteiger partial charge >= 0.3 is 0 Å². The molecule has 0 bridgehead atoms. The number of rotatable bonds is 2. The van der Waals surface area contributed by atoms with Crippen LogP contribution < -0.4 is 11.1 Å². The molecule has 1 rings (SSSR count). The molecule has 0 heterocycles. The van der Waals surface area contributed by atoms with E-state index in [4.69, 9.17) is 34.3 Å². The minimum atomic E-state index is -0.0778. The zero-order valence-corrected chi connectivity index (χ0v) is 8.28. The Labute approximate surface area is 86.3 Å². The lowest BCUT2D eigenvalue weighted by Gasteiger charge is -2.05. The molecule has 0 atom stereocenters. The molecule has 0 fully saturated rings. The molecule has 0 saturated heterocycles. The molecule has 0 aliphatic heterocycles. The Hall–Kier alpha value is -0.930. The maximum absolute atomic E-state index is 6.95. The molecular weight excluding hydrogens is 209 g/mol. The highest BCUT2D eigenvalue weighted by molar-refractivity contribution is 6.35. The van der Waals surface area contributed by atoms with Crippen LogP contribution in [0.3, 0.4) is 0 Å². The van der Waals surface area contributed by atoms with Crippen molar-refractivity contribution in [3.05, 3.63) is 33.8 Å². The summed E-state index contributed by atoms with van der Waals surface area (Å²) in [5.74, 6) is -0.0778. The van der Waals surface area contributed by atoms with Crippen molar-refractivity contribution < 1.29 is 0 Å². The maximum atomic E-state index is 6.95. The summed E-state index contributed by atoms with van der Waals surface area (Å²) in [5, 5.41) is 10.8. The topological polar surface area (TPSA) is 61.9 Å². The molecule has 1 aromatic rings. The zero-order chi connectivity index (χ0) is 9.84. The Bertz CT molecular complexity index is 325. The van der Waals surface area contributed by atoms with E-state index in [1.807, 2.05) is 0 Å². The molecule has 13 heavy (non-hydrogen) atoms. The van der Waals surface area contributed by atoms with Gasteiger partial charge in [0.2, 0.25) is 0 Å². The van der Waals surface area contributed by atoms with Gasteiger partial charge in [-0.2, -0.15) is 0 Å². The molecule has 0 unspecified atom stereocenters. The third-order valence-corrected chi connectivity index (χ3v) is 2.07. The van der Waals surface area contributed by atoms with Gasteiger partial charge in [0.15, 0.2) is 5.96 Å². The van der Waals surface area contributed by atoms with E-state index in [1.165, 1.54) is 0 Å². The van der Waals surface area contributed by atoms with Gasteiger partial charge in [0.1, 0.15) is 0 Å². The van der Waals surface area contributed by atoms with Gasteiger partial charge in [-0.15, -0.1) is 0 Å². The molecule has 70 valence electrons. The van der Waals surface area contributed by atoms with Gasteiger partial charge in [0.05, 0.1) is 0 Å². The van der Waals surface area contributed by atoms with Crippen LogP contribution in [-0.2, 0) is 6.54 Å². The van der Waals surface area contributed by atoms with Crippen LogP contribution in [0.4, 0.5) is 0 Å². The maximum Gasteiger partial charge on any atom is 0.185 e. The average molecular weight is 218 g/mol. The lowest BCUT2D eigenvalue weighted by molar-refractivity contribution is 0.897. The second kappa shape index (κ2) is 4.35. The van der Waals surface area contributed by atoms with Crippen LogP contribution in [0.1, 0.15) is 5.56 Å². The zero-order valence-electron chi connectivity index (χ0n) is 6.77. The van der Waals surface area contributed by atoms with Crippen LogP contribution >= 0.6 is 23.2 Å². The van der Waals surface area contributed by atoms with Crippen molar-refractivity contribution in [3.63, 3.8) is 0 Å². The summed E-state index contributed by atoms with van der Waals surface area (Å²) in [4.78, 5) is 0. The first-order chi connectivity index (χ1) is 6.09. The SMILES string of the molecule is N=C(N)NCc1ccc(Cl)cc1Cl. The molecule has 0 spiro atoms. The molecule has 0 amide bonds. The molecule has 0 aliphatic rings. The highest BCUT2D eigenvalue weighted by Crippen LogP contribution is 2.20. The smallest absolute Gasteiger partial charge is 0.185 e. The van der Waals surface area contributed by atoms with Crippen molar-refractivity contribution in [1.82, 2.24) is 5.32 Å². The van der Waals surface area contributed by atoms with Crippen molar-refractivity contribution in [2.45, 2.75) is 6.54 Å². The fourth-order valence-electron chi connectivity index (χ4n) is 0.855. The normalized spacial score (nSPS) is 9.69. The first-order valence-electron chi connectivity index (χ1n) is 3.61. The highest BCUT2D eigenvalue weighted by atomic mass is 35.5. The van der Waals surface area contributed by atoms with Crippen molar-refractivity contribution in [2.75, 3.05) is 0 Å². The van der Waals surface area contributed by atoms with Gasteiger partial charge in [0, 0.05) is 16.6 Å². The Balaban J connectivity index is 2.72. The second-order valence-electron chi connectivity index (χ2n) is 2.50. The van der Waals surface area contributed by atoms with E-state index < -0.39 is 0 Å². The predicted molar refractivity (Wildman–Crippen MR) is 55.2 cm³/mol. The number of halogens is 2. The number of benzene rings is 1. The standard InChI is InChI=1S/C8H9Cl2N3/c9-6-2-1-5(7(10)3-6)4-13-8(11)12/h1-3H,4H2,(H4,11,12,13). The van der Waals surface area contributed by atoms with E-state index in [0.29, 0.717) is 16.6 Å². The first kappa shape index (κ1) is 10.2. The molecule has 0 aliphatic carbocycles. The molecule has 0 aromatic heterocycles. The van der Waals surface area contributed by atoms with Crippen LogP contribution in [0, 0.1) is 5.41 Å². The molecule has 0 radical (unpaired) electrons. The van der Waals surface area contributed by atoms with E-state index in [0.717, 1.165) is 5.56 Å². The van der Waals surface area contributed by atoms with Crippen LogP contribution in [0.15, 0.2) is 18.2 Å². The van der Waals surface area contributed by atoms with Crippen molar-refractivity contribution in [3.8, 4) is 0 Å². The van der Waals surface area contributed by atoms with Crippen LogP contribution in [-0.4, -0.2) is 5.96 Å². The Morgan fingerprint density at radius 2 is 2.15 bits per heavy atom. The Morgan fingerprint density at radius 3 is 2.69 bits per heavy atom. The second-order valence-corrected chi connectivity index (χ2v) is 3.35. The number of hydrogen-bond acceptors (Lipinski definition) is 1. The predicted octanol–water partition coefficient (Wildman–Crippen LogP) is 1.98. The quantitative estimate of drug-likeness (QED) is 0.525. The summed E-state index contributed by atoms with van der Waals surface area (Å²) in [5.41, 5.74) is 5.99. The van der Waals surface area contributed by atoms with Gasteiger partial charge in [-0.3, -0.25) is 5.41 Å².